The van der Waals surface area contributed by atoms with Crippen LogP contribution in [-0.2, 0) is 11.3 Å². The van der Waals surface area contributed by atoms with Crippen molar-refractivity contribution in [1.82, 2.24) is 24.6 Å². The highest BCUT2D eigenvalue weighted by Crippen LogP contribution is 2.27. The van der Waals surface area contributed by atoms with Crippen LogP contribution in [0.1, 0.15) is 58.2 Å². The average Bonchev–Trinajstić information content (AvgIpc) is 3.16. The number of thioether (sulfide) groups is 1. The lowest BCUT2D eigenvalue weighted by Crippen LogP contribution is -2.48. The first-order chi connectivity index (χ1) is 14.6. The standard InChI is InChI=1S/C23H33N5OS/c1-18-10-9-11-19(2)27(18)22(29)17-30-23-25-24-21(16-26-14-7-4-8-15-26)28(23)20-12-5-3-6-13-20/h3,5-6,12-13,18-19H,4,7-11,14-17H2,1-2H3. The van der Waals surface area contributed by atoms with Crippen LogP contribution in [0.4, 0.5) is 0 Å². The van der Waals surface area contributed by atoms with Gasteiger partial charge >= 0.3 is 0 Å². The number of benzene rings is 1. The van der Waals surface area contributed by atoms with E-state index in [0.29, 0.717) is 17.8 Å². The molecule has 7 heteroatoms. The molecule has 2 saturated heterocycles. The molecule has 3 heterocycles. The first kappa shape index (κ1) is 21.4. The lowest BCUT2D eigenvalue weighted by Gasteiger charge is -2.39. The summed E-state index contributed by atoms with van der Waals surface area (Å²) in [4.78, 5) is 17.5. The first-order valence-electron chi connectivity index (χ1n) is 11.3. The van der Waals surface area contributed by atoms with Gasteiger partial charge in [-0.3, -0.25) is 14.3 Å². The van der Waals surface area contributed by atoms with Gasteiger partial charge in [0.1, 0.15) is 0 Å². The topological polar surface area (TPSA) is 54.3 Å². The predicted octanol–water partition coefficient (Wildman–Crippen LogP) is 4.13. The Kier molecular flexibility index (Phi) is 7.10. The smallest absolute Gasteiger partial charge is 0.233 e. The minimum atomic E-state index is 0.208. The molecule has 1 amide bonds. The minimum absolute atomic E-state index is 0.208. The molecule has 2 unspecified atom stereocenters. The second kappa shape index (κ2) is 9.96. The van der Waals surface area contributed by atoms with Crippen molar-refractivity contribution in [3.63, 3.8) is 0 Å². The Morgan fingerprint density at radius 1 is 1.00 bits per heavy atom. The van der Waals surface area contributed by atoms with E-state index in [1.807, 2.05) is 18.2 Å². The molecule has 2 atom stereocenters. The van der Waals surface area contributed by atoms with Crippen LogP contribution in [0.2, 0.25) is 0 Å². The summed E-state index contributed by atoms with van der Waals surface area (Å²) in [5.74, 6) is 1.57. The van der Waals surface area contributed by atoms with Gasteiger partial charge in [-0.05, 0) is 71.2 Å². The van der Waals surface area contributed by atoms with Gasteiger partial charge in [-0.25, -0.2) is 0 Å². The average molecular weight is 428 g/mol. The number of carbonyl (C=O) groups is 1. The molecule has 6 nitrogen and oxygen atoms in total. The van der Waals surface area contributed by atoms with Crippen molar-refractivity contribution in [3.8, 4) is 5.69 Å². The number of rotatable bonds is 6. The van der Waals surface area contributed by atoms with Crippen LogP contribution in [0, 0.1) is 0 Å². The number of hydrogen-bond donors (Lipinski definition) is 0. The van der Waals surface area contributed by atoms with Gasteiger partial charge in [0.15, 0.2) is 11.0 Å². The fraction of sp³-hybridized carbons (Fsp3) is 0.609. The Balaban J connectivity index is 1.51. The van der Waals surface area contributed by atoms with E-state index >= 15 is 0 Å². The molecule has 4 rings (SSSR count). The summed E-state index contributed by atoms with van der Waals surface area (Å²) < 4.78 is 2.13. The largest absolute Gasteiger partial charge is 0.337 e. The van der Waals surface area contributed by atoms with Crippen molar-refractivity contribution in [1.29, 1.82) is 0 Å². The van der Waals surface area contributed by atoms with E-state index in [1.54, 1.807) is 0 Å². The molecule has 0 bridgehead atoms. The second-order valence-electron chi connectivity index (χ2n) is 8.63. The van der Waals surface area contributed by atoms with E-state index < -0.39 is 0 Å². The summed E-state index contributed by atoms with van der Waals surface area (Å²) in [6, 6.07) is 10.9. The molecule has 2 aromatic rings. The summed E-state index contributed by atoms with van der Waals surface area (Å²) in [6.45, 7) is 7.38. The minimum Gasteiger partial charge on any atom is -0.337 e. The quantitative estimate of drug-likeness (QED) is 0.649. The lowest BCUT2D eigenvalue weighted by molar-refractivity contribution is -0.134. The molecule has 1 aromatic carbocycles. The summed E-state index contributed by atoms with van der Waals surface area (Å²) in [5, 5.41) is 9.83. The third kappa shape index (κ3) is 4.89. The summed E-state index contributed by atoms with van der Waals surface area (Å²) in [6.07, 6.45) is 7.23. The molecule has 0 N–H and O–H groups in total. The SMILES string of the molecule is CC1CCCC(C)N1C(=O)CSc1nnc(CN2CCCCC2)n1-c1ccccc1. The lowest BCUT2D eigenvalue weighted by atomic mass is 9.98. The molecule has 0 aliphatic carbocycles. The third-order valence-electron chi connectivity index (χ3n) is 6.33. The molecule has 0 radical (unpaired) electrons. The van der Waals surface area contributed by atoms with Crippen molar-refractivity contribution in [3.05, 3.63) is 36.2 Å². The molecule has 1 aromatic heterocycles. The van der Waals surface area contributed by atoms with Crippen LogP contribution >= 0.6 is 11.8 Å². The van der Waals surface area contributed by atoms with Crippen molar-refractivity contribution in [2.24, 2.45) is 0 Å². The number of likely N-dealkylation sites (tertiary alicyclic amines) is 2. The molecular formula is C23H33N5OS. The molecule has 0 saturated carbocycles. The second-order valence-corrected chi connectivity index (χ2v) is 9.57. The van der Waals surface area contributed by atoms with Crippen molar-refractivity contribution in [2.75, 3.05) is 18.8 Å². The summed E-state index contributed by atoms with van der Waals surface area (Å²) >= 11 is 1.51. The number of piperidine rings is 2. The Bertz CT molecular complexity index is 823. The molecule has 2 fully saturated rings. The van der Waals surface area contributed by atoms with Gasteiger partial charge in [-0.1, -0.05) is 36.4 Å². The highest BCUT2D eigenvalue weighted by atomic mass is 32.2. The van der Waals surface area contributed by atoms with Gasteiger partial charge in [-0.15, -0.1) is 10.2 Å². The fourth-order valence-corrected chi connectivity index (χ4v) is 5.60. The fourth-order valence-electron chi connectivity index (χ4n) is 4.76. The van der Waals surface area contributed by atoms with Crippen LogP contribution in [0.15, 0.2) is 35.5 Å². The zero-order chi connectivity index (χ0) is 20.9. The summed E-state index contributed by atoms with van der Waals surface area (Å²) in [7, 11) is 0. The number of amides is 1. The van der Waals surface area contributed by atoms with E-state index in [2.05, 4.69) is 50.5 Å². The normalized spacial score (nSPS) is 22.9. The molecule has 2 aliphatic rings. The van der Waals surface area contributed by atoms with Gasteiger partial charge in [0, 0.05) is 17.8 Å². The van der Waals surface area contributed by atoms with Crippen molar-refractivity contribution in [2.45, 2.75) is 76.2 Å². The van der Waals surface area contributed by atoms with E-state index in [0.717, 1.165) is 49.1 Å². The Morgan fingerprint density at radius 2 is 1.70 bits per heavy atom. The van der Waals surface area contributed by atoms with Gasteiger partial charge in [0.25, 0.3) is 0 Å². The van der Waals surface area contributed by atoms with Crippen LogP contribution in [0.3, 0.4) is 0 Å². The van der Waals surface area contributed by atoms with Crippen LogP contribution in [0.5, 0.6) is 0 Å². The van der Waals surface area contributed by atoms with Crippen LogP contribution in [0.25, 0.3) is 5.69 Å². The van der Waals surface area contributed by atoms with Crippen molar-refractivity contribution < 1.29 is 4.79 Å². The maximum atomic E-state index is 13.0. The van der Waals surface area contributed by atoms with E-state index in [9.17, 15) is 4.79 Å². The Morgan fingerprint density at radius 3 is 2.40 bits per heavy atom. The molecule has 0 spiro atoms. The maximum Gasteiger partial charge on any atom is 0.233 e. The van der Waals surface area contributed by atoms with Crippen LogP contribution in [-0.4, -0.2) is 61.4 Å². The van der Waals surface area contributed by atoms with E-state index in [1.165, 1.54) is 37.4 Å². The van der Waals surface area contributed by atoms with Gasteiger partial charge in [-0.2, -0.15) is 0 Å². The molecule has 2 aliphatic heterocycles. The number of aromatic nitrogens is 3. The number of nitrogens with zero attached hydrogens (tertiary/aromatic N) is 5. The first-order valence-corrected chi connectivity index (χ1v) is 12.3. The maximum absolute atomic E-state index is 13.0. The Hall–Kier alpha value is -1.86. The summed E-state index contributed by atoms with van der Waals surface area (Å²) in [5.41, 5.74) is 1.06. The zero-order valence-electron chi connectivity index (χ0n) is 18.2. The monoisotopic (exact) mass is 427 g/mol. The van der Waals surface area contributed by atoms with Gasteiger partial charge < -0.3 is 4.90 Å². The number of hydrogen-bond acceptors (Lipinski definition) is 5. The van der Waals surface area contributed by atoms with E-state index in [4.69, 9.17) is 0 Å². The highest BCUT2D eigenvalue weighted by molar-refractivity contribution is 7.99. The van der Waals surface area contributed by atoms with Crippen molar-refractivity contribution >= 4 is 17.7 Å². The Labute approximate surface area is 184 Å². The third-order valence-corrected chi connectivity index (χ3v) is 7.25. The van der Waals surface area contributed by atoms with Gasteiger partial charge in [0.05, 0.1) is 12.3 Å². The zero-order valence-corrected chi connectivity index (χ0v) is 19.0. The van der Waals surface area contributed by atoms with Gasteiger partial charge in [0.2, 0.25) is 5.91 Å². The molecule has 30 heavy (non-hydrogen) atoms. The number of para-hydroxylation sites is 1. The van der Waals surface area contributed by atoms with E-state index in [-0.39, 0.29) is 5.91 Å². The highest BCUT2D eigenvalue weighted by Gasteiger charge is 2.29. The molecule has 162 valence electrons. The predicted molar refractivity (Wildman–Crippen MR) is 121 cm³/mol. The number of carbonyl (C=O) groups excluding carboxylic acids is 1. The van der Waals surface area contributed by atoms with Crippen LogP contribution < -0.4 is 0 Å². The molecular weight excluding hydrogens is 394 g/mol.